The number of rotatable bonds is 14. The number of unbranched alkanes of at least 4 members (excludes halogenated alkanes) is 5. The average molecular weight is 373 g/mol. The summed E-state index contributed by atoms with van der Waals surface area (Å²) in [6.07, 6.45) is 11.5. The second-order valence-electron chi connectivity index (χ2n) is 5.71. The van der Waals surface area contributed by atoms with Crippen molar-refractivity contribution in [2.45, 2.75) is 65.2 Å². The van der Waals surface area contributed by atoms with E-state index in [0.29, 0.717) is 12.0 Å². The quantitative estimate of drug-likeness (QED) is 0.276. The van der Waals surface area contributed by atoms with Crippen LogP contribution in [0.1, 0.15) is 65.2 Å². The standard InChI is InChI=1S/2C10H18O3/c1-3-4-5-6-9(2)10(12)13-8-7-11;1-2-3-4-5-6-7-10(12)13-9-8-11/h11H,2-8H2,1H3;6-7,11H,2-5,8-9H2,1H3. The number of hydrogen-bond donors (Lipinski definition) is 2. The third-order valence-corrected chi connectivity index (χ3v) is 3.26. The van der Waals surface area contributed by atoms with Crippen LogP contribution in [0.5, 0.6) is 0 Å². The van der Waals surface area contributed by atoms with Crippen molar-refractivity contribution < 1.29 is 29.3 Å². The fourth-order valence-electron chi connectivity index (χ4n) is 1.82. The molecule has 0 amide bonds. The van der Waals surface area contributed by atoms with Crippen LogP contribution in [0.2, 0.25) is 0 Å². The molecule has 152 valence electrons. The van der Waals surface area contributed by atoms with E-state index in [1.807, 2.05) is 6.08 Å². The van der Waals surface area contributed by atoms with Crippen LogP contribution in [-0.2, 0) is 19.1 Å². The summed E-state index contributed by atoms with van der Waals surface area (Å²) in [6.45, 7) is 7.76. The van der Waals surface area contributed by atoms with Gasteiger partial charge in [-0.25, -0.2) is 9.59 Å². The van der Waals surface area contributed by atoms with Crippen molar-refractivity contribution in [3.8, 4) is 0 Å². The van der Waals surface area contributed by atoms with Crippen molar-refractivity contribution in [2.24, 2.45) is 0 Å². The number of carbonyl (C=O) groups excluding carboxylic acids is 2. The van der Waals surface area contributed by atoms with Gasteiger partial charge in [0.15, 0.2) is 0 Å². The maximum absolute atomic E-state index is 11.1. The Morgan fingerprint density at radius 1 is 0.923 bits per heavy atom. The Kier molecular flexibility index (Phi) is 21.8. The van der Waals surface area contributed by atoms with Gasteiger partial charge in [0.25, 0.3) is 0 Å². The first-order valence-corrected chi connectivity index (χ1v) is 9.43. The van der Waals surface area contributed by atoms with E-state index in [0.717, 1.165) is 32.1 Å². The molecule has 0 aromatic heterocycles. The smallest absolute Gasteiger partial charge is 0.333 e. The Bertz CT molecular complexity index is 390. The molecule has 0 saturated carbocycles. The van der Waals surface area contributed by atoms with Crippen molar-refractivity contribution in [2.75, 3.05) is 26.4 Å². The first-order valence-electron chi connectivity index (χ1n) is 9.43. The monoisotopic (exact) mass is 372 g/mol. The maximum atomic E-state index is 11.1. The molecule has 0 bridgehead atoms. The molecule has 0 aliphatic heterocycles. The van der Waals surface area contributed by atoms with Crippen LogP contribution in [0, 0.1) is 0 Å². The van der Waals surface area contributed by atoms with Gasteiger partial charge in [0, 0.05) is 11.6 Å². The number of carbonyl (C=O) groups is 2. The first kappa shape index (κ1) is 26.6. The van der Waals surface area contributed by atoms with Gasteiger partial charge in [0.1, 0.15) is 13.2 Å². The third-order valence-electron chi connectivity index (χ3n) is 3.26. The van der Waals surface area contributed by atoms with Gasteiger partial charge < -0.3 is 19.7 Å². The van der Waals surface area contributed by atoms with Gasteiger partial charge in [-0.3, -0.25) is 0 Å². The molecular weight excluding hydrogens is 336 g/mol. The molecule has 0 spiro atoms. The lowest BCUT2D eigenvalue weighted by molar-refractivity contribution is -0.140. The molecule has 0 fully saturated rings. The second-order valence-corrected chi connectivity index (χ2v) is 5.71. The van der Waals surface area contributed by atoms with Crippen molar-refractivity contribution in [1.82, 2.24) is 0 Å². The zero-order valence-corrected chi connectivity index (χ0v) is 16.4. The van der Waals surface area contributed by atoms with Crippen LogP contribution in [0.15, 0.2) is 24.3 Å². The first-order chi connectivity index (χ1) is 12.5. The fourth-order valence-corrected chi connectivity index (χ4v) is 1.82. The Balaban J connectivity index is 0. The van der Waals surface area contributed by atoms with E-state index in [-0.39, 0.29) is 38.4 Å². The Labute approximate surface area is 157 Å². The summed E-state index contributed by atoms with van der Waals surface area (Å²) >= 11 is 0. The number of ether oxygens (including phenoxy) is 2. The van der Waals surface area contributed by atoms with E-state index < -0.39 is 0 Å². The second kappa shape index (κ2) is 21.4. The highest BCUT2D eigenvalue weighted by molar-refractivity contribution is 5.87. The molecule has 0 radical (unpaired) electrons. The molecule has 0 saturated heterocycles. The van der Waals surface area contributed by atoms with Crippen molar-refractivity contribution in [3.63, 3.8) is 0 Å². The molecule has 0 aliphatic carbocycles. The lowest BCUT2D eigenvalue weighted by atomic mass is 10.1. The summed E-state index contributed by atoms with van der Waals surface area (Å²) in [6, 6.07) is 0. The number of esters is 2. The molecule has 0 aromatic carbocycles. The van der Waals surface area contributed by atoms with E-state index in [9.17, 15) is 9.59 Å². The van der Waals surface area contributed by atoms with Crippen LogP contribution in [0.4, 0.5) is 0 Å². The van der Waals surface area contributed by atoms with Crippen molar-refractivity contribution in [1.29, 1.82) is 0 Å². The maximum Gasteiger partial charge on any atom is 0.333 e. The highest BCUT2D eigenvalue weighted by Crippen LogP contribution is 2.08. The van der Waals surface area contributed by atoms with Crippen LogP contribution in [0.25, 0.3) is 0 Å². The van der Waals surface area contributed by atoms with Gasteiger partial charge in [0.2, 0.25) is 0 Å². The molecule has 2 N–H and O–H groups in total. The molecule has 0 heterocycles. The molecule has 0 unspecified atom stereocenters. The van der Waals surface area contributed by atoms with Gasteiger partial charge in [-0.1, -0.05) is 52.2 Å². The van der Waals surface area contributed by atoms with Crippen LogP contribution >= 0.6 is 0 Å². The fraction of sp³-hybridized carbons (Fsp3) is 0.700. The SMILES string of the molecule is C=C(CCCCC)C(=O)OCCO.CCCCCC=CC(=O)OCCO. The predicted molar refractivity (Wildman–Crippen MR) is 103 cm³/mol. The lowest BCUT2D eigenvalue weighted by Crippen LogP contribution is -2.10. The molecule has 0 aliphatic rings. The summed E-state index contributed by atoms with van der Waals surface area (Å²) in [5, 5.41) is 16.8. The predicted octanol–water partition coefficient (Wildman–Crippen LogP) is 3.32. The number of hydrogen-bond acceptors (Lipinski definition) is 6. The Hall–Kier alpha value is -1.66. The Morgan fingerprint density at radius 3 is 2.08 bits per heavy atom. The molecule has 26 heavy (non-hydrogen) atoms. The molecular formula is C20H36O6. The summed E-state index contributed by atoms with van der Waals surface area (Å²) in [7, 11) is 0. The zero-order chi connectivity index (χ0) is 20.0. The Morgan fingerprint density at radius 2 is 1.50 bits per heavy atom. The molecule has 6 nitrogen and oxygen atoms in total. The number of aliphatic hydroxyl groups is 2. The summed E-state index contributed by atoms with van der Waals surface area (Å²) < 4.78 is 9.32. The van der Waals surface area contributed by atoms with Gasteiger partial charge in [-0.2, -0.15) is 0 Å². The van der Waals surface area contributed by atoms with E-state index in [2.05, 4.69) is 25.2 Å². The molecule has 0 atom stereocenters. The highest BCUT2D eigenvalue weighted by Gasteiger charge is 2.06. The summed E-state index contributed by atoms with van der Waals surface area (Å²) in [5.74, 6) is -0.754. The third kappa shape index (κ3) is 20.4. The van der Waals surface area contributed by atoms with Crippen molar-refractivity contribution in [3.05, 3.63) is 24.3 Å². The number of allylic oxidation sites excluding steroid dienone is 1. The minimum Gasteiger partial charge on any atom is -0.460 e. The molecule has 6 heteroatoms. The zero-order valence-electron chi connectivity index (χ0n) is 16.4. The topological polar surface area (TPSA) is 93.1 Å². The summed E-state index contributed by atoms with van der Waals surface area (Å²) in [5.41, 5.74) is 0.502. The van der Waals surface area contributed by atoms with Gasteiger partial charge >= 0.3 is 11.9 Å². The number of aliphatic hydroxyl groups excluding tert-OH is 2. The minimum atomic E-state index is -0.384. The van der Waals surface area contributed by atoms with E-state index in [4.69, 9.17) is 14.9 Å². The van der Waals surface area contributed by atoms with Gasteiger partial charge in [-0.05, 0) is 25.7 Å². The van der Waals surface area contributed by atoms with Crippen LogP contribution in [-0.4, -0.2) is 48.6 Å². The van der Waals surface area contributed by atoms with Crippen LogP contribution in [0.3, 0.4) is 0 Å². The van der Waals surface area contributed by atoms with E-state index in [1.54, 1.807) is 0 Å². The normalized spacial score (nSPS) is 10.2. The molecule has 0 aromatic rings. The molecule has 0 rings (SSSR count). The lowest BCUT2D eigenvalue weighted by Gasteiger charge is -2.04. The summed E-state index contributed by atoms with van der Waals surface area (Å²) in [4.78, 5) is 21.9. The highest BCUT2D eigenvalue weighted by atomic mass is 16.5. The van der Waals surface area contributed by atoms with E-state index >= 15 is 0 Å². The van der Waals surface area contributed by atoms with E-state index in [1.165, 1.54) is 18.9 Å². The minimum absolute atomic E-state index is 0.0611. The van der Waals surface area contributed by atoms with Gasteiger partial charge in [0.05, 0.1) is 13.2 Å². The van der Waals surface area contributed by atoms with Gasteiger partial charge in [-0.15, -0.1) is 0 Å². The van der Waals surface area contributed by atoms with Crippen LogP contribution < -0.4 is 0 Å². The average Bonchev–Trinajstić information content (AvgIpc) is 2.64. The van der Waals surface area contributed by atoms with Crippen molar-refractivity contribution >= 4 is 11.9 Å². The largest absolute Gasteiger partial charge is 0.460 e.